The van der Waals surface area contributed by atoms with Gasteiger partial charge in [0.1, 0.15) is 0 Å². The highest BCUT2D eigenvalue weighted by atomic mass is 16.5. The van der Waals surface area contributed by atoms with Crippen LogP contribution in [-0.2, 0) is 0 Å². The van der Waals surface area contributed by atoms with Crippen molar-refractivity contribution in [2.24, 2.45) is 0 Å². The summed E-state index contributed by atoms with van der Waals surface area (Å²) < 4.78 is 5.55. The summed E-state index contributed by atoms with van der Waals surface area (Å²) in [6, 6.07) is 2.86. The average Bonchev–Trinajstić information content (AvgIpc) is 2.46. The molecule has 0 aromatic carbocycles. The SMILES string of the molecule is CCOc1cc(C)nc(N2CC(CC)NCC2CC)n1. The zero-order valence-electron chi connectivity index (χ0n) is 13.0. The van der Waals surface area contributed by atoms with Crippen LogP contribution in [0.25, 0.3) is 0 Å². The standard InChI is InChI=1S/C15H26N4O/c1-5-12-10-19(13(6-2)9-16-12)15-17-11(4)8-14(18-15)20-7-3/h8,12-13,16H,5-7,9-10H2,1-4H3. The van der Waals surface area contributed by atoms with Gasteiger partial charge in [-0.15, -0.1) is 0 Å². The molecule has 2 rings (SSSR count). The van der Waals surface area contributed by atoms with Gasteiger partial charge in [0.25, 0.3) is 0 Å². The number of aromatic nitrogens is 2. The van der Waals surface area contributed by atoms with Gasteiger partial charge in [0.05, 0.1) is 6.61 Å². The summed E-state index contributed by atoms with van der Waals surface area (Å²) in [7, 11) is 0. The minimum absolute atomic E-state index is 0.453. The molecule has 1 N–H and O–H groups in total. The molecule has 0 aliphatic carbocycles. The Morgan fingerprint density at radius 1 is 1.30 bits per heavy atom. The van der Waals surface area contributed by atoms with Crippen LogP contribution in [-0.4, -0.2) is 41.7 Å². The minimum Gasteiger partial charge on any atom is -0.478 e. The molecule has 20 heavy (non-hydrogen) atoms. The molecule has 2 unspecified atom stereocenters. The van der Waals surface area contributed by atoms with Crippen molar-refractivity contribution in [1.82, 2.24) is 15.3 Å². The van der Waals surface area contributed by atoms with E-state index in [0.29, 0.717) is 24.6 Å². The number of hydrogen-bond acceptors (Lipinski definition) is 5. The van der Waals surface area contributed by atoms with Crippen LogP contribution in [0.3, 0.4) is 0 Å². The van der Waals surface area contributed by atoms with Crippen LogP contribution >= 0.6 is 0 Å². The van der Waals surface area contributed by atoms with Gasteiger partial charge in [-0.25, -0.2) is 4.98 Å². The highest BCUT2D eigenvalue weighted by molar-refractivity contribution is 5.37. The van der Waals surface area contributed by atoms with Crippen molar-refractivity contribution in [2.45, 2.75) is 52.6 Å². The van der Waals surface area contributed by atoms with Crippen molar-refractivity contribution >= 4 is 5.95 Å². The number of anilines is 1. The second-order valence-electron chi connectivity index (χ2n) is 5.31. The minimum atomic E-state index is 0.453. The highest BCUT2D eigenvalue weighted by Gasteiger charge is 2.28. The molecule has 5 heteroatoms. The molecule has 1 aromatic rings. The zero-order valence-corrected chi connectivity index (χ0v) is 13.0. The van der Waals surface area contributed by atoms with E-state index in [9.17, 15) is 0 Å². The first kappa shape index (κ1) is 15.0. The van der Waals surface area contributed by atoms with Gasteiger partial charge in [0.2, 0.25) is 11.8 Å². The lowest BCUT2D eigenvalue weighted by atomic mass is 10.1. The van der Waals surface area contributed by atoms with E-state index in [1.165, 1.54) is 0 Å². The Kier molecular flexibility index (Phi) is 5.17. The van der Waals surface area contributed by atoms with Gasteiger partial charge in [-0.2, -0.15) is 4.98 Å². The number of ether oxygens (including phenoxy) is 1. The molecule has 0 spiro atoms. The predicted octanol–water partition coefficient (Wildman–Crippen LogP) is 2.15. The van der Waals surface area contributed by atoms with Crippen LogP contribution in [0.4, 0.5) is 5.95 Å². The second-order valence-corrected chi connectivity index (χ2v) is 5.31. The number of rotatable bonds is 5. The van der Waals surface area contributed by atoms with Gasteiger partial charge >= 0.3 is 0 Å². The van der Waals surface area contributed by atoms with E-state index < -0.39 is 0 Å². The molecule has 112 valence electrons. The smallest absolute Gasteiger partial charge is 0.229 e. The number of nitrogens with one attached hydrogen (secondary N) is 1. The van der Waals surface area contributed by atoms with Crippen LogP contribution in [0.2, 0.25) is 0 Å². The fourth-order valence-corrected chi connectivity index (χ4v) is 2.62. The second kappa shape index (κ2) is 6.88. The number of hydrogen-bond donors (Lipinski definition) is 1. The predicted molar refractivity (Wildman–Crippen MR) is 81.4 cm³/mol. The summed E-state index contributed by atoms with van der Waals surface area (Å²) in [5, 5.41) is 3.60. The Hall–Kier alpha value is -1.36. The van der Waals surface area contributed by atoms with Gasteiger partial charge in [0.15, 0.2) is 0 Å². The molecule has 1 aromatic heterocycles. The van der Waals surface area contributed by atoms with E-state index in [-0.39, 0.29) is 0 Å². The highest BCUT2D eigenvalue weighted by Crippen LogP contribution is 2.21. The molecule has 0 bridgehead atoms. The molecule has 1 saturated heterocycles. The van der Waals surface area contributed by atoms with Crippen molar-refractivity contribution in [3.63, 3.8) is 0 Å². The zero-order chi connectivity index (χ0) is 14.5. The monoisotopic (exact) mass is 278 g/mol. The quantitative estimate of drug-likeness (QED) is 0.894. The van der Waals surface area contributed by atoms with Gasteiger partial charge in [-0.3, -0.25) is 0 Å². The van der Waals surface area contributed by atoms with E-state index in [1.807, 2.05) is 19.9 Å². The maximum Gasteiger partial charge on any atom is 0.229 e. The fraction of sp³-hybridized carbons (Fsp3) is 0.733. The number of nitrogens with zero attached hydrogens (tertiary/aromatic N) is 3. The lowest BCUT2D eigenvalue weighted by Crippen LogP contribution is -2.56. The molecular formula is C15H26N4O. The average molecular weight is 278 g/mol. The fourth-order valence-electron chi connectivity index (χ4n) is 2.62. The Morgan fingerprint density at radius 3 is 2.75 bits per heavy atom. The van der Waals surface area contributed by atoms with Gasteiger partial charge in [-0.05, 0) is 26.7 Å². The van der Waals surface area contributed by atoms with Crippen molar-refractivity contribution in [3.05, 3.63) is 11.8 Å². The van der Waals surface area contributed by atoms with Crippen molar-refractivity contribution in [1.29, 1.82) is 0 Å². The molecule has 2 heterocycles. The first-order valence-electron chi connectivity index (χ1n) is 7.66. The molecule has 0 saturated carbocycles. The maximum absolute atomic E-state index is 5.55. The van der Waals surface area contributed by atoms with Crippen LogP contribution in [0, 0.1) is 6.92 Å². The topological polar surface area (TPSA) is 50.3 Å². The Bertz CT molecular complexity index is 438. The first-order chi connectivity index (χ1) is 9.67. The lowest BCUT2D eigenvalue weighted by molar-refractivity contribution is 0.323. The van der Waals surface area contributed by atoms with E-state index in [4.69, 9.17) is 4.74 Å². The normalized spacial score (nSPS) is 22.9. The summed E-state index contributed by atoms with van der Waals surface area (Å²) in [4.78, 5) is 11.5. The number of piperazine rings is 1. The number of aryl methyl sites for hydroxylation is 1. The Morgan fingerprint density at radius 2 is 2.10 bits per heavy atom. The molecular weight excluding hydrogens is 252 g/mol. The van der Waals surface area contributed by atoms with Gasteiger partial charge in [0, 0.05) is 36.9 Å². The van der Waals surface area contributed by atoms with Gasteiger partial charge < -0.3 is 15.0 Å². The van der Waals surface area contributed by atoms with E-state index >= 15 is 0 Å². The van der Waals surface area contributed by atoms with Crippen molar-refractivity contribution in [2.75, 3.05) is 24.6 Å². The molecule has 0 radical (unpaired) electrons. The molecule has 0 amide bonds. The van der Waals surface area contributed by atoms with E-state index in [1.54, 1.807) is 0 Å². The third-order valence-corrected chi connectivity index (χ3v) is 3.83. The Labute approximate surface area is 121 Å². The summed E-state index contributed by atoms with van der Waals surface area (Å²) in [6.07, 6.45) is 2.21. The molecule has 5 nitrogen and oxygen atoms in total. The third kappa shape index (κ3) is 3.39. The van der Waals surface area contributed by atoms with Crippen molar-refractivity contribution < 1.29 is 4.74 Å². The molecule has 2 atom stereocenters. The van der Waals surface area contributed by atoms with E-state index in [0.717, 1.165) is 37.6 Å². The van der Waals surface area contributed by atoms with Crippen LogP contribution in [0.5, 0.6) is 5.88 Å². The van der Waals surface area contributed by atoms with Crippen molar-refractivity contribution in [3.8, 4) is 5.88 Å². The van der Waals surface area contributed by atoms with Crippen LogP contribution in [0.15, 0.2) is 6.07 Å². The van der Waals surface area contributed by atoms with Crippen LogP contribution < -0.4 is 15.0 Å². The first-order valence-corrected chi connectivity index (χ1v) is 7.66. The summed E-state index contributed by atoms with van der Waals surface area (Å²) in [5.74, 6) is 1.48. The molecule has 1 fully saturated rings. The third-order valence-electron chi connectivity index (χ3n) is 3.83. The summed E-state index contributed by atoms with van der Waals surface area (Å²) >= 11 is 0. The lowest BCUT2D eigenvalue weighted by Gasteiger charge is -2.40. The maximum atomic E-state index is 5.55. The van der Waals surface area contributed by atoms with Gasteiger partial charge in [-0.1, -0.05) is 13.8 Å². The summed E-state index contributed by atoms with van der Waals surface area (Å²) in [6.45, 7) is 11.0. The summed E-state index contributed by atoms with van der Waals surface area (Å²) in [5.41, 5.74) is 0.958. The van der Waals surface area contributed by atoms with E-state index in [2.05, 4.69) is 34.0 Å². The molecule has 1 aliphatic heterocycles. The largest absolute Gasteiger partial charge is 0.478 e. The van der Waals surface area contributed by atoms with Crippen LogP contribution in [0.1, 0.15) is 39.3 Å². The Balaban J connectivity index is 2.26. The molecule has 1 aliphatic rings.